The molecule has 2 aromatic heterocycles. The Morgan fingerprint density at radius 3 is 2.86 bits per heavy atom. The largest absolute Gasteiger partial charge is 0.370 e. The van der Waals surface area contributed by atoms with E-state index in [0.29, 0.717) is 6.54 Å². The van der Waals surface area contributed by atoms with Gasteiger partial charge in [-0.05, 0) is 42.1 Å². The van der Waals surface area contributed by atoms with Gasteiger partial charge in [0.25, 0.3) is 5.56 Å². The van der Waals surface area contributed by atoms with Gasteiger partial charge in [0.2, 0.25) is 0 Å². The van der Waals surface area contributed by atoms with Crippen molar-refractivity contribution < 1.29 is 0 Å². The molecule has 0 saturated heterocycles. The molecule has 0 aliphatic heterocycles. The summed E-state index contributed by atoms with van der Waals surface area (Å²) in [5.74, 6) is 0.836. The predicted molar refractivity (Wildman–Crippen MR) is 85.7 cm³/mol. The van der Waals surface area contributed by atoms with Crippen LogP contribution in [0.3, 0.4) is 0 Å². The highest BCUT2D eigenvalue weighted by Crippen LogP contribution is 2.14. The molecule has 0 amide bonds. The monoisotopic (exact) mass is 279 g/mol. The van der Waals surface area contributed by atoms with Gasteiger partial charge in [0.1, 0.15) is 5.82 Å². The molecule has 0 atom stereocenters. The molecule has 1 N–H and O–H groups in total. The molecule has 0 saturated carbocycles. The lowest BCUT2D eigenvalue weighted by Gasteiger charge is -2.11. The molecule has 0 bridgehead atoms. The van der Waals surface area contributed by atoms with Gasteiger partial charge in [-0.3, -0.25) is 4.79 Å². The predicted octanol–water partition coefficient (Wildman–Crippen LogP) is 2.88. The molecular formula is C17H17N3O. The highest BCUT2D eigenvalue weighted by atomic mass is 16.1. The lowest BCUT2D eigenvalue weighted by Crippen LogP contribution is -2.20. The van der Waals surface area contributed by atoms with Crippen LogP contribution < -0.4 is 10.9 Å². The summed E-state index contributed by atoms with van der Waals surface area (Å²) in [7, 11) is 0. The van der Waals surface area contributed by atoms with Crippen LogP contribution in [0, 0.1) is 0 Å². The van der Waals surface area contributed by atoms with Crippen LogP contribution in [-0.4, -0.2) is 16.1 Å². The number of nitrogens with zero attached hydrogens (tertiary/aromatic N) is 2. The lowest BCUT2D eigenvalue weighted by atomic mass is 10.2. The minimum absolute atomic E-state index is 0.00973. The zero-order valence-electron chi connectivity index (χ0n) is 11.9. The first-order valence-corrected chi connectivity index (χ1v) is 7.05. The van der Waals surface area contributed by atoms with Gasteiger partial charge in [0.15, 0.2) is 0 Å². The van der Waals surface area contributed by atoms with Crippen LogP contribution in [-0.2, 0) is 6.54 Å². The first kappa shape index (κ1) is 13.4. The SMILES string of the molecule is CCNc1cc(Cn2c(=O)ccc3ccccc32)ccn1. The Kier molecular flexibility index (Phi) is 3.69. The zero-order chi connectivity index (χ0) is 14.7. The second-order valence-electron chi connectivity index (χ2n) is 4.90. The second-order valence-corrected chi connectivity index (χ2v) is 4.90. The normalized spacial score (nSPS) is 10.7. The van der Waals surface area contributed by atoms with Gasteiger partial charge in [-0.15, -0.1) is 0 Å². The molecule has 0 radical (unpaired) electrons. The smallest absolute Gasteiger partial charge is 0.251 e. The Labute approximate surface area is 123 Å². The average molecular weight is 279 g/mol. The van der Waals surface area contributed by atoms with Crippen LogP contribution in [0.5, 0.6) is 0 Å². The van der Waals surface area contributed by atoms with Gasteiger partial charge in [-0.25, -0.2) is 4.98 Å². The number of fused-ring (bicyclic) bond motifs is 1. The molecule has 0 aliphatic rings. The first-order valence-electron chi connectivity index (χ1n) is 7.05. The third-order valence-electron chi connectivity index (χ3n) is 3.42. The number of para-hydroxylation sites is 1. The Morgan fingerprint density at radius 1 is 1.14 bits per heavy atom. The van der Waals surface area contributed by atoms with Crippen molar-refractivity contribution in [2.75, 3.05) is 11.9 Å². The quantitative estimate of drug-likeness (QED) is 0.799. The summed E-state index contributed by atoms with van der Waals surface area (Å²) >= 11 is 0. The van der Waals surface area contributed by atoms with E-state index in [1.165, 1.54) is 0 Å². The fourth-order valence-corrected chi connectivity index (χ4v) is 2.44. The van der Waals surface area contributed by atoms with Crippen molar-refractivity contribution in [1.29, 1.82) is 0 Å². The Bertz CT molecular complexity index is 823. The lowest BCUT2D eigenvalue weighted by molar-refractivity contribution is 0.793. The third kappa shape index (κ3) is 2.79. The molecule has 0 spiro atoms. The van der Waals surface area contributed by atoms with E-state index in [1.54, 1.807) is 16.8 Å². The fraction of sp³-hybridized carbons (Fsp3) is 0.176. The van der Waals surface area contributed by atoms with E-state index in [0.717, 1.165) is 28.8 Å². The summed E-state index contributed by atoms with van der Waals surface area (Å²) in [5, 5.41) is 4.25. The van der Waals surface area contributed by atoms with Crippen LogP contribution in [0.1, 0.15) is 12.5 Å². The first-order chi connectivity index (χ1) is 10.3. The average Bonchev–Trinajstić information content (AvgIpc) is 2.51. The van der Waals surface area contributed by atoms with Crippen molar-refractivity contribution in [3.63, 3.8) is 0 Å². The number of rotatable bonds is 4. The van der Waals surface area contributed by atoms with Crippen LogP contribution in [0.4, 0.5) is 5.82 Å². The Morgan fingerprint density at radius 2 is 2.00 bits per heavy atom. The standard InChI is InChI=1S/C17H17N3O/c1-2-18-16-11-13(9-10-19-16)12-20-15-6-4-3-5-14(15)7-8-17(20)21/h3-11H,2,12H2,1H3,(H,18,19). The van der Waals surface area contributed by atoms with Crippen molar-refractivity contribution in [3.8, 4) is 0 Å². The maximum absolute atomic E-state index is 12.2. The van der Waals surface area contributed by atoms with Crippen LogP contribution >= 0.6 is 0 Å². The van der Waals surface area contributed by atoms with Crippen LogP contribution in [0.15, 0.2) is 59.5 Å². The van der Waals surface area contributed by atoms with Crippen molar-refractivity contribution in [2.45, 2.75) is 13.5 Å². The van der Waals surface area contributed by atoms with E-state index < -0.39 is 0 Å². The van der Waals surface area contributed by atoms with E-state index in [-0.39, 0.29) is 5.56 Å². The molecule has 106 valence electrons. The van der Waals surface area contributed by atoms with Gasteiger partial charge < -0.3 is 9.88 Å². The van der Waals surface area contributed by atoms with E-state index in [9.17, 15) is 4.79 Å². The van der Waals surface area contributed by atoms with Crippen LogP contribution in [0.25, 0.3) is 10.9 Å². The molecule has 4 nitrogen and oxygen atoms in total. The van der Waals surface area contributed by atoms with Crippen molar-refractivity contribution in [2.24, 2.45) is 0 Å². The Hall–Kier alpha value is -2.62. The summed E-state index contributed by atoms with van der Waals surface area (Å²) in [6, 6.07) is 15.3. The van der Waals surface area contributed by atoms with Gasteiger partial charge in [0, 0.05) is 18.8 Å². The minimum atomic E-state index is 0.00973. The number of aromatic nitrogens is 2. The maximum Gasteiger partial charge on any atom is 0.251 e. The number of benzene rings is 1. The number of hydrogen-bond acceptors (Lipinski definition) is 3. The number of nitrogens with one attached hydrogen (secondary N) is 1. The van der Waals surface area contributed by atoms with Crippen LogP contribution in [0.2, 0.25) is 0 Å². The summed E-state index contributed by atoms with van der Waals surface area (Å²) in [4.78, 5) is 16.4. The van der Waals surface area contributed by atoms with Crippen molar-refractivity contribution in [3.05, 3.63) is 70.6 Å². The third-order valence-corrected chi connectivity index (χ3v) is 3.42. The molecule has 2 heterocycles. The molecule has 0 fully saturated rings. The summed E-state index contributed by atoms with van der Waals surface area (Å²) in [6.45, 7) is 3.40. The zero-order valence-corrected chi connectivity index (χ0v) is 11.9. The number of pyridine rings is 2. The van der Waals surface area contributed by atoms with E-state index in [4.69, 9.17) is 0 Å². The van der Waals surface area contributed by atoms with Gasteiger partial charge in [-0.2, -0.15) is 0 Å². The van der Waals surface area contributed by atoms with Crippen molar-refractivity contribution in [1.82, 2.24) is 9.55 Å². The second kappa shape index (κ2) is 5.79. The van der Waals surface area contributed by atoms with E-state index >= 15 is 0 Å². The van der Waals surface area contributed by atoms with E-state index in [1.807, 2.05) is 49.4 Å². The molecule has 0 aliphatic carbocycles. The molecular weight excluding hydrogens is 262 g/mol. The molecule has 21 heavy (non-hydrogen) atoms. The minimum Gasteiger partial charge on any atom is -0.370 e. The molecule has 1 aromatic carbocycles. The number of hydrogen-bond donors (Lipinski definition) is 1. The van der Waals surface area contributed by atoms with Gasteiger partial charge in [-0.1, -0.05) is 18.2 Å². The summed E-state index contributed by atoms with van der Waals surface area (Å²) in [5.41, 5.74) is 2.02. The number of anilines is 1. The van der Waals surface area contributed by atoms with Crippen molar-refractivity contribution >= 4 is 16.7 Å². The van der Waals surface area contributed by atoms with Gasteiger partial charge in [0.05, 0.1) is 12.1 Å². The molecule has 3 rings (SSSR count). The molecule has 4 heteroatoms. The molecule has 3 aromatic rings. The Balaban J connectivity index is 2.03. The van der Waals surface area contributed by atoms with E-state index in [2.05, 4.69) is 10.3 Å². The van der Waals surface area contributed by atoms with Gasteiger partial charge >= 0.3 is 0 Å². The fourth-order valence-electron chi connectivity index (χ4n) is 2.44. The summed E-state index contributed by atoms with van der Waals surface area (Å²) in [6.07, 6.45) is 1.77. The maximum atomic E-state index is 12.2. The highest BCUT2D eigenvalue weighted by Gasteiger charge is 2.04. The summed E-state index contributed by atoms with van der Waals surface area (Å²) < 4.78 is 1.79. The topological polar surface area (TPSA) is 46.9 Å². The molecule has 0 unspecified atom stereocenters. The highest BCUT2D eigenvalue weighted by molar-refractivity contribution is 5.78.